The molecule has 38 heavy (non-hydrogen) atoms. The van der Waals surface area contributed by atoms with Crippen molar-refractivity contribution < 1.29 is 38.7 Å². The van der Waals surface area contributed by atoms with Crippen molar-refractivity contribution >= 4 is 17.5 Å². The maximum atomic E-state index is 11.0. The summed E-state index contributed by atoms with van der Waals surface area (Å²) in [6.45, 7) is 1.58. The summed E-state index contributed by atoms with van der Waals surface area (Å²) in [5.41, 5.74) is 5.59. The number of hydrogen-bond acceptors (Lipinski definition) is 6. The maximum Gasteiger partial charge on any atom is 0.310 e. The highest BCUT2D eigenvalue weighted by molar-refractivity contribution is 5.79. The molecular weight excluding hydrogens is 488 g/mol. The Bertz CT molecular complexity index is 1080. The Hall–Kier alpha value is -3.04. The van der Waals surface area contributed by atoms with Gasteiger partial charge >= 0.3 is 11.9 Å². The van der Waals surface area contributed by atoms with E-state index in [1.165, 1.54) is 5.56 Å². The Morgan fingerprint density at radius 1 is 0.842 bits per heavy atom. The van der Waals surface area contributed by atoms with Gasteiger partial charge in [-0.2, -0.15) is 0 Å². The number of methoxy groups -OCH3 is 2. The molecule has 4 rings (SSSR count). The zero-order valence-electron chi connectivity index (χ0n) is 22.1. The zero-order chi connectivity index (χ0) is 27.3. The Morgan fingerprint density at radius 2 is 1.50 bits per heavy atom. The molecule has 8 nitrogen and oxygen atoms in total. The number of ether oxygens (including phenoxy) is 4. The van der Waals surface area contributed by atoms with E-state index in [0.717, 1.165) is 47.9 Å². The second-order valence-corrected chi connectivity index (χ2v) is 9.68. The fourth-order valence-corrected chi connectivity index (χ4v) is 4.95. The average Bonchev–Trinajstić information content (AvgIpc) is 3.61. The third kappa shape index (κ3) is 9.06. The number of carboxylic acids is 2. The molecule has 1 saturated carbocycles. The van der Waals surface area contributed by atoms with Gasteiger partial charge in [0.25, 0.3) is 0 Å². The van der Waals surface area contributed by atoms with Crippen molar-refractivity contribution in [3.8, 4) is 0 Å². The molecule has 2 aliphatic carbocycles. The van der Waals surface area contributed by atoms with Gasteiger partial charge in [-0.25, -0.2) is 0 Å². The Labute approximate surface area is 224 Å². The van der Waals surface area contributed by atoms with Crippen molar-refractivity contribution in [3.05, 3.63) is 76.9 Å². The molecule has 0 heterocycles. The van der Waals surface area contributed by atoms with E-state index in [2.05, 4.69) is 12.1 Å². The molecule has 3 atom stereocenters. The molecule has 0 bridgehead atoms. The molecule has 0 radical (unpaired) electrons. The van der Waals surface area contributed by atoms with Crippen LogP contribution in [0.1, 0.15) is 60.3 Å². The number of allylic oxidation sites excluding steroid dienone is 1. The first-order valence-corrected chi connectivity index (χ1v) is 12.9. The zero-order valence-corrected chi connectivity index (χ0v) is 22.1. The van der Waals surface area contributed by atoms with Gasteiger partial charge in [0.2, 0.25) is 0 Å². The van der Waals surface area contributed by atoms with Crippen LogP contribution in [-0.4, -0.2) is 50.0 Å². The fraction of sp³-hybridized carbons (Fsp3) is 0.467. The minimum absolute atomic E-state index is 0.182. The predicted octanol–water partition coefficient (Wildman–Crippen LogP) is 5.46. The van der Waals surface area contributed by atoms with Gasteiger partial charge in [-0.3, -0.25) is 9.59 Å². The standard InChI is InChI=1S/C15H20O4.C15H18O4/c2*1-18-10-19-9-11-3-2-4-12(7-11)13-5-6-14(8-13)15(16)17/h2-4,7,13-14H,5-6,8-10H2,1H3,(H,16,17);2-4,7-8,14H,5-6,9-10H2,1H3,(H,16,17)/t13-,14-;14-/m11/s1. The smallest absolute Gasteiger partial charge is 0.310 e. The van der Waals surface area contributed by atoms with Gasteiger partial charge in [-0.05, 0) is 71.9 Å². The summed E-state index contributed by atoms with van der Waals surface area (Å²) in [6.07, 6.45) is 5.85. The lowest BCUT2D eigenvalue weighted by molar-refractivity contribution is -0.142. The molecule has 0 aliphatic heterocycles. The quantitative estimate of drug-likeness (QED) is 0.277. The van der Waals surface area contributed by atoms with Crippen LogP contribution in [0.25, 0.3) is 5.57 Å². The van der Waals surface area contributed by atoms with Gasteiger partial charge < -0.3 is 29.2 Å². The minimum Gasteiger partial charge on any atom is -0.481 e. The van der Waals surface area contributed by atoms with Crippen molar-refractivity contribution in [2.24, 2.45) is 11.8 Å². The van der Waals surface area contributed by atoms with Gasteiger partial charge in [0.1, 0.15) is 13.6 Å². The van der Waals surface area contributed by atoms with E-state index in [4.69, 9.17) is 29.2 Å². The number of rotatable bonds is 12. The van der Waals surface area contributed by atoms with Crippen LogP contribution < -0.4 is 0 Å². The Kier molecular flexibility index (Phi) is 12.0. The van der Waals surface area contributed by atoms with E-state index in [9.17, 15) is 9.59 Å². The predicted molar refractivity (Wildman–Crippen MR) is 142 cm³/mol. The van der Waals surface area contributed by atoms with Crippen LogP contribution in [0, 0.1) is 11.8 Å². The van der Waals surface area contributed by atoms with E-state index in [-0.39, 0.29) is 25.4 Å². The molecule has 2 N–H and O–H groups in total. The molecule has 2 aromatic carbocycles. The molecule has 206 valence electrons. The Balaban J connectivity index is 0.000000211. The first kappa shape index (κ1) is 29.5. The summed E-state index contributed by atoms with van der Waals surface area (Å²) in [6, 6.07) is 16.2. The second-order valence-electron chi connectivity index (χ2n) is 9.68. The SMILES string of the molecule is COCOCc1cccc(C2=C[C@H](C(=O)O)CC2)c1.COCOCc1cccc([C@@H]2CC[C@@H](C(=O)O)C2)c1. The van der Waals surface area contributed by atoms with E-state index in [1.54, 1.807) is 14.2 Å². The van der Waals surface area contributed by atoms with Crippen LogP contribution in [-0.2, 0) is 41.8 Å². The van der Waals surface area contributed by atoms with Gasteiger partial charge in [0.15, 0.2) is 0 Å². The Morgan fingerprint density at radius 3 is 2.08 bits per heavy atom. The van der Waals surface area contributed by atoms with Crippen LogP contribution in [0.5, 0.6) is 0 Å². The number of benzene rings is 2. The summed E-state index contributed by atoms with van der Waals surface area (Å²) < 4.78 is 20.3. The highest BCUT2D eigenvalue weighted by Crippen LogP contribution is 2.38. The first-order valence-electron chi connectivity index (χ1n) is 12.9. The number of carbonyl (C=O) groups is 2. The number of aliphatic carboxylic acids is 2. The largest absolute Gasteiger partial charge is 0.481 e. The molecule has 0 amide bonds. The molecule has 0 spiro atoms. The average molecular weight is 527 g/mol. The highest BCUT2D eigenvalue weighted by Gasteiger charge is 2.30. The molecule has 2 aliphatic rings. The van der Waals surface area contributed by atoms with Gasteiger partial charge in [-0.15, -0.1) is 0 Å². The molecule has 2 aromatic rings. The molecule has 0 aromatic heterocycles. The van der Waals surface area contributed by atoms with Gasteiger partial charge in [-0.1, -0.05) is 48.5 Å². The highest BCUT2D eigenvalue weighted by atomic mass is 16.7. The van der Waals surface area contributed by atoms with E-state index in [1.807, 2.05) is 42.5 Å². The second kappa shape index (κ2) is 15.4. The van der Waals surface area contributed by atoms with Gasteiger partial charge in [0, 0.05) is 14.2 Å². The van der Waals surface area contributed by atoms with Crippen LogP contribution >= 0.6 is 0 Å². The molecule has 0 unspecified atom stereocenters. The lowest BCUT2D eigenvalue weighted by Gasteiger charge is -2.12. The van der Waals surface area contributed by atoms with Crippen molar-refractivity contribution in [2.45, 2.75) is 51.2 Å². The van der Waals surface area contributed by atoms with Crippen molar-refractivity contribution in [1.82, 2.24) is 0 Å². The number of carboxylic acid groups (broad SMARTS) is 2. The van der Waals surface area contributed by atoms with Crippen LogP contribution in [0.4, 0.5) is 0 Å². The topological polar surface area (TPSA) is 112 Å². The van der Waals surface area contributed by atoms with Crippen LogP contribution in [0.2, 0.25) is 0 Å². The summed E-state index contributed by atoms with van der Waals surface area (Å²) in [5, 5.41) is 18.0. The normalized spacial score (nSPS) is 20.5. The van der Waals surface area contributed by atoms with Crippen molar-refractivity contribution in [1.29, 1.82) is 0 Å². The van der Waals surface area contributed by atoms with Crippen molar-refractivity contribution in [3.63, 3.8) is 0 Å². The van der Waals surface area contributed by atoms with Crippen LogP contribution in [0.15, 0.2) is 54.6 Å². The first-order chi connectivity index (χ1) is 18.4. The van der Waals surface area contributed by atoms with Gasteiger partial charge in [0.05, 0.1) is 25.0 Å². The molecular formula is C30H38O8. The molecule has 0 saturated heterocycles. The fourth-order valence-electron chi connectivity index (χ4n) is 4.95. The third-order valence-corrected chi connectivity index (χ3v) is 6.89. The summed E-state index contributed by atoms with van der Waals surface area (Å²) in [5.74, 6) is -1.57. The van der Waals surface area contributed by atoms with Crippen molar-refractivity contribution in [2.75, 3.05) is 27.8 Å². The number of hydrogen-bond donors (Lipinski definition) is 2. The summed E-state index contributed by atoms with van der Waals surface area (Å²) in [7, 11) is 3.19. The monoisotopic (exact) mass is 526 g/mol. The van der Waals surface area contributed by atoms with E-state index >= 15 is 0 Å². The van der Waals surface area contributed by atoms with Crippen LogP contribution in [0.3, 0.4) is 0 Å². The van der Waals surface area contributed by atoms with E-state index < -0.39 is 11.9 Å². The lowest BCUT2D eigenvalue weighted by Crippen LogP contribution is -2.09. The molecule has 1 fully saturated rings. The van der Waals surface area contributed by atoms with E-state index in [0.29, 0.717) is 25.6 Å². The third-order valence-electron chi connectivity index (χ3n) is 6.89. The maximum absolute atomic E-state index is 11.0. The summed E-state index contributed by atoms with van der Waals surface area (Å²) in [4.78, 5) is 21.9. The lowest BCUT2D eigenvalue weighted by atomic mass is 9.95. The minimum atomic E-state index is -0.741. The summed E-state index contributed by atoms with van der Waals surface area (Å²) >= 11 is 0. The molecule has 8 heteroatoms.